The van der Waals surface area contributed by atoms with Crippen LogP contribution in [-0.2, 0) is 0 Å². The average molecular weight is 263 g/mol. The third kappa shape index (κ3) is 4.19. The normalized spacial score (nSPS) is 29.8. The van der Waals surface area contributed by atoms with E-state index in [0.29, 0.717) is 6.04 Å². The molecular weight excluding hydrogens is 234 g/mol. The number of nitrogens with zero attached hydrogens (tertiary/aromatic N) is 2. The summed E-state index contributed by atoms with van der Waals surface area (Å²) in [6.07, 6.45) is 9.43. The first-order valence-corrected chi connectivity index (χ1v) is 8.10. The van der Waals surface area contributed by atoms with Crippen LogP contribution < -0.4 is 5.32 Å². The molecule has 2 fully saturated rings. The number of nitriles is 1. The van der Waals surface area contributed by atoms with Gasteiger partial charge in [0.05, 0.1) is 12.1 Å². The first-order valence-electron chi connectivity index (χ1n) is 8.10. The lowest BCUT2D eigenvalue weighted by Crippen LogP contribution is -2.48. The van der Waals surface area contributed by atoms with E-state index in [4.69, 9.17) is 0 Å². The van der Waals surface area contributed by atoms with Crippen LogP contribution in [0.1, 0.15) is 58.8 Å². The van der Waals surface area contributed by atoms with Gasteiger partial charge in [0.1, 0.15) is 0 Å². The van der Waals surface area contributed by atoms with Crippen LogP contribution in [0.2, 0.25) is 0 Å². The lowest BCUT2D eigenvalue weighted by molar-refractivity contribution is 0.0587. The van der Waals surface area contributed by atoms with E-state index in [1.807, 2.05) is 0 Å². The van der Waals surface area contributed by atoms with E-state index in [0.717, 1.165) is 24.9 Å². The molecule has 1 aliphatic carbocycles. The van der Waals surface area contributed by atoms with E-state index in [-0.39, 0.29) is 6.04 Å². The number of piperidine rings is 1. The molecule has 0 amide bonds. The standard InChI is InChI=1S/C16H29N3/c1-13(2)18-15(12-17)9-11-19-10-5-7-14-6-3-4-8-16(14)19/h13-16,18H,3-11H2,1-2H3/t14-,15?,16-/m1/s1. The van der Waals surface area contributed by atoms with Gasteiger partial charge in [-0.1, -0.05) is 12.8 Å². The Kier molecular flexibility index (Phi) is 5.66. The smallest absolute Gasteiger partial charge is 0.0967 e. The molecule has 1 heterocycles. The van der Waals surface area contributed by atoms with Gasteiger partial charge in [-0.15, -0.1) is 0 Å². The van der Waals surface area contributed by atoms with E-state index in [2.05, 4.69) is 30.1 Å². The van der Waals surface area contributed by atoms with Crippen molar-refractivity contribution in [3.8, 4) is 6.07 Å². The molecular formula is C16H29N3. The van der Waals surface area contributed by atoms with Crippen LogP contribution in [0.25, 0.3) is 0 Å². The average Bonchev–Trinajstić information content (AvgIpc) is 2.43. The predicted octanol–water partition coefficient (Wildman–Crippen LogP) is 2.92. The van der Waals surface area contributed by atoms with Crippen molar-refractivity contribution in [2.75, 3.05) is 13.1 Å². The highest BCUT2D eigenvalue weighted by molar-refractivity contribution is 4.93. The highest BCUT2D eigenvalue weighted by atomic mass is 15.2. The number of rotatable bonds is 5. The van der Waals surface area contributed by atoms with Crippen LogP contribution in [0.4, 0.5) is 0 Å². The van der Waals surface area contributed by atoms with Crippen LogP contribution in [-0.4, -0.2) is 36.1 Å². The number of likely N-dealkylation sites (tertiary alicyclic amines) is 1. The second kappa shape index (κ2) is 7.26. The second-order valence-corrected chi connectivity index (χ2v) is 6.58. The molecule has 3 nitrogen and oxygen atoms in total. The molecule has 1 unspecified atom stereocenters. The van der Waals surface area contributed by atoms with E-state index >= 15 is 0 Å². The van der Waals surface area contributed by atoms with Gasteiger partial charge in [0, 0.05) is 18.6 Å². The lowest BCUT2D eigenvalue weighted by Gasteiger charge is -2.44. The maximum Gasteiger partial charge on any atom is 0.0967 e. The van der Waals surface area contributed by atoms with Gasteiger partial charge in [-0.25, -0.2) is 0 Å². The summed E-state index contributed by atoms with van der Waals surface area (Å²) in [5, 5.41) is 12.6. The highest BCUT2D eigenvalue weighted by Gasteiger charge is 2.32. The zero-order valence-corrected chi connectivity index (χ0v) is 12.6. The van der Waals surface area contributed by atoms with Crippen LogP contribution >= 0.6 is 0 Å². The second-order valence-electron chi connectivity index (χ2n) is 6.58. The van der Waals surface area contributed by atoms with Gasteiger partial charge < -0.3 is 4.90 Å². The Morgan fingerprint density at radius 2 is 1.95 bits per heavy atom. The van der Waals surface area contributed by atoms with Gasteiger partial charge in [0.2, 0.25) is 0 Å². The van der Waals surface area contributed by atoms with Gasteiger partial charge >= 0.3 is 0 Å². The Morgan fingerprint density at radius 3 is 2.68 bits per heavy atom. The Morgan fingerprint density at radius 1 is 1.21 bits per heavy atom. The van der Waals surface area contributed by atoms with Crippen LogP contribution in [0.15, 0.2) is 0 Å². The van der Waals surface area contributed by atoms with Crippen LogP contribution in [0, 0.1) is 17.2 Å². The number of nitrogens with one attached hydrogen (secondary N) is 1. The molecule has 0 spiro atoms. The third-order valence-electron chi connectivity index (χ3n) is 4.75. The number of hydrogen-bond acceptors (Lipinski definition) is 3. The van der Waals surface area contributed by atoms with Crippen LogP contribution in [0.5, 0.6) is 0 Å². The summed E-state index contributed by atoms with van der Waals surface area (Å²) in [5.74, 6) is 0.945. The minimum Gasteiger partial charge on any atom is -0.300 e. The molecule has 3 heteroatoms. The maximum atomic E-state index is 9.21. The number of fused-ring (bicyclic) bond motifs is 1. The van der Waals surface area contributed by atoms with E-state index in [1.165, 1.54) is 45.1 Å². The molecule has 1 saturated carbocycles. The molecule has 3 atom stereocenters. The van der Waals surface area contributed by atoms with Gasteiger partial charge in [0.15, 0.2) is 0 Å². The van der Waals surface area contributed by atoms with Gasteiger partial charge in [-0.05, 0) is 58.4 Å². The van der Waals surface area contributed by atoms with Crippen molar-refractivity contribution >= 4 is 0 Å². The Hall–Kier alpha value is -0.590. The Bertz CT molecular complexity index is 306. The monoisotopic (exact) mass is 263 g/mol. The molecule has 19 heavy (non-hydrogen) atoms. The SMILES string of the molecule is CC(C)NC(C#N)CCN1CCC[C@H]2CCCC[C@H]21. The molecule has 2 aliphatic rings. The first kappa shape index (κ1) is 14.8. The Balaban J connectivity index is 1.82. The first-order chi connectivity index (χ1) is 9.20. The molecule has 0 bridgehead atoms. The summed E-state index contributed by atoms with van der Waals surface area (Å²) in [5.41, 5.74) is 0. The van der Waals surface area contributed by atoms with E-state index < -0.39 is 0 Å². The molecule has 108 valence electrons. The van der Waals surface area contributed by atoms with Gasteiger partial charge in [0.25, 0.3) is 0 Å². The lowest BCUT2D eigenvalue weighted by atomic mass is 9.78. The topological polar surface area (TPSA) is 39.1 Å². The van der Waals surface area contributed by atoms with Crippen molar-refractivity contribution in [1.29, 1.82) is 5.26 Å². The minimum atomic E-state index is 0.0176. The molecule has 0 aromatic carbocycles. The summed E-state index contributed by atoms with van der Waals surface area (Å²) >= 11 is 0. The van der Waals surface area contributed by atoms with Crippen molar-refractivity contribution in [3.63, 3.8) is 0 Å². The summed E-state index contributed by atoms with van der Waals surface area (Å²) < 4.78 is 0. The fraction of sp³-hybridized carbons (Fsp3) is 0.938. The maximum absolute atomic E-state index is 9.21. The molecule has 1 aliphatic heterocycles. The van der Waals surface area contributed by atoms with E-state index in [9.17, 15) is 5.26 Å². The fourth-order valence-electron chi connectivity index (χ4n) is 3.89. The van der Waals surface area contributed by atoms with Gasteiger partial charge in [-0.3, -0.25) is 5.32 Å². The Labute approximate surface area is 118 Å². The summed E-state index contributed by atoms with van der Waals surface area (Å²) in [6.45, 7) is 6.57. The molecule has 0 aromatic heterocycles. The van der Waals surface area contributed by atoms with E-state index in [1.54, 1.807) is 0 Å². The van der Waals surface area contributed by atoms with Crippen molar-refractivity contribution in [3.05, 3.63) is 0 Å². The van der Waals surface area contributed by atoms with Crippen molar-refractivity contribution in [1.82, 2.24) is 10.2 Å². The summed E-state index contributed by atoms with van der Waals surface area (Å²) in [4.78, 5) is 2.68. The predicted molar refractivity (Wildman–Crippen MR) is 78.8 cm³/mol. The molecule has 1 N–H and O–H groups in total. The zero-order valence-electron chi connectivity index (χ0n) is 12.6. The van der Waals surface area contributed by atoms with Crippen molar-refractivity contribution < 1.29 is 0 Å². The molecule has 2 rings (SSSR count). The van der Waals surface area contributed by atoms with Crippen molar-refractivity contribution in [2.45, 2.75) is 76.9 Å². The van der Waals surface area contributed by atoms with Gasteiger partial charge in [-0.2, -0.15) is 5.26 Å². The number of hydrogen-bond donors (Lipinski definition) is 1. The summed E-state index contributed by atoms with van der Waals surface area (Å²) in [6, 6.07) is 3.64. The fourth-order valence-corrected chi connectivity index (χ4v) is 3.89. The van der Waals surface area contributed by atoms with Crippen molar-refractivity contribution in [2.24, 2.45) is 5.92 Å². The minimum absolute atomic E-state index is 0.0176. The molecule has 0 radical (unpaired) electrons. The molecule has 1 saturated heterocycles. The largest absolute Gasteiger partial charge is 0.300 e. The zero-order chi connectivity index (χ0) is 13.7. The highest BCUT2D eigenvalue weighted by Crippen LogP contribution is 2.35. The summed E-state index contributed by atoms with van der Waals surface area (Å²) in [7, 11) is 0. The third-order valence-corrected chi connectivity index (χ3v) is 4.75. The molecule has 0 aromatic rings. The van der Waals surface area contributed by atoms with Crippen LogP contribution in [0.3, 0.4) is 0 Å². The quantitative estimate of drug-likeness (QED) is 0.829.